The second-order valence-electron chi connectivity index (χ2n) is 5.24. The number of benzene rings is 1. The van der Waals surface area contributed by atoms with Crippen molar-refractivity contribution in [1.82, 2.24) is 0 Å². The molecule has 1 aliphatic carbocycles. The van der Waals surface area contributed by atoms with Crippen molar-refractivity contribution in [2.45, 2.75) is 45.4 Å². The number of hydrogen-bond donors (Lipinski definition) is 1. The highest BCUT2D eigenvalue weighted by molar-refractivity contribution is 5.87. The van der Waals surface area contributed by atoms with E-state index in [-0.39, 0.29) is 0 Å². The second kappa shape index (κ2) is 4.91. The van der Waals surface area contributed by atoms with Gasteiger partial charge in [0, 0.05) is 0 Å². The summed E-state index contributed by atoms with van der Waals surface area (Å²) in [5.41, 5.74) is 2.90. The van der Waals surface area contributed by atoms with Crippen LogP contribution in [0.1, 0.15) is 60.0 Å². The predicted molar refractivity (Wildman–Crippen MR) is 68.5 cm³/mol. The summed E-state index contributed by atoms with van der Waals surface area (Å²) < 4.78 is 0. The van der Waals surface area contributed by atoms with Gasteiger partial charge in [-0.1, -0.05) is 32.3 Å². The smallest absolute Gasteiger partial charge is 0.335 e. The van der Waals surface area contributed by atoms with E-state index in [0.29, 0.717) is 17.4 Å². The lowest BCUT2D eigenvalue weighted by Gasteiger charge is -2.30. The zero-order chi connectivity index (χ0) is 12.4. The molecule has 0 heterocycles. The summed E-state index contributed by atoms with van der Waals surface area (Å²) >= 11 is 0. The van der Waals surface area contributed by atoms with E-state index >= 15 is 0 Å². The van der Waals surface area contributed by atoms with Crippen molar-refractivity contribution >= 4 is 5.97 Å². The van der Waals surface area contributed by atoms with Crippen LogP contribution in [0.4, 0.5) is 0 Å². The molecule has 0 amide bonds. The molecule has 17 heavy (non-hydrogen) atoms. The summed E-state index contributed by atoms with van der Waals surface area (Å²) in [6.45, 7) is 4.37. The van der Waals surface area contributed by atoms with Gasteiger partial charge in [-0.05, 0) is 48.4 Å². The van der Waals surface area contributed by atoms with Gasteiger partial charge in [-0.3, -0.25) is 0 Å². The van der Waals surface area contributed by atoms with Crippen LogP contribution in [-0.2, 0) is 0 Å². The maximum atomic E-state index is 11.0. The van der Waals surface area contributed by atoms with Crippen LogP contribution in [0, 0.1) is 12.8 Å². The average Bonchev–Trinajstić information content (AvgIpc) is 2.30. The summed E-state index contributed by atoms with van der Waals surface area (Å²) in [7, 11) is 0. The summed E-state index contributed by atoms with van der Waals surface area (Å²) in [4.78, 5) is 11.0. The van der Waals surface area contributed by atoms with Crippen molar-refractivity contribution in [1.29, 1.82) is 0 Å². The van der Waals surface area contributed by atoms with E-state index in [0.717, 1.165) is 0 Å². The molecule has 1 N–H and O–H groups in total. The van der Waals surface area contributed by atoms with Gasteiger partial charge in [0.2, 0.25) is 0 Å². The van der Waals surface area contributed by atoms with Gasteiger partial charge in [-0.2, -0.15) is 0 Å². The Morgan fingerprint density at radius 3 is 2.65 bits per heavy atom. The maximum Gasteiger partial charge on any atom is 0.335 e. The van der Waals surface area contributed by atoms with E-state index in [2.05, 4.69) is 13.8 Å². The van der Waals surface area contributed by atoms with Crippen LogP contribution in [0.2, 0.25) is 0 Å². The van der Waals surface area contributed by atoms with Gasteiger partial charge >= 0.3 is 5.97 Å². The van der Waals surface area contributed by atoms with Crippen LogP contribution in [0.5, 0.6) is 0 Å². The van der Waals surface area contributed by atoms with Crippen molar-refractivity contribution in [3.63, 3.8) is 0 Å². The molecule has 0 radical (unpaired) electrons. The fraction of sp³-hybridized carbons (Fsp3) is 0.533. The lowest BCUT2D eigenvalue weighted by molar-refractivity contribution is 0.0696. The Morgan fingerprint density at radius 1 is 1.29 bits per heavy atom. The normalized spacial score (nSPS) is 24.6. The molecule has 2 rings (SSSR count). The monoisotopic (exact) mass is 232 g/mol. The summed E-state index contributed by atoms with van der Waals surface area (Å²) in [5, 5.41) is 9.06. The Hall–Kier alpha value is -1.31. The zero-order valence-electron chi connectivity index (χ0n) is 10.6. The van der Waals surface area contributed by atoms with E-state index in [9.17, 15) is 4.79 Å². The Morgan fingerprint density at radius 2 is 2.00 bits per heavy atom. The number of aryl methyl sites for hydroxylation is 1. The average molecular weight is 232 g/mol. The standard InChI is InChI=1S/C15H20O2/c1-10-5-3-4-6-13(10)14-9-12(15(16)17)8-7-11(14)2/h7-10,13H,3-6H2,1-2H3,(H,16,17). The molecule has 2 heteroatoms. The van der Waals surface area contributed by atoms with Gasteiger partial charge in [0.1, 0.15) is 0 Å². The number of carboxylic acids is 1. The third-order valence-corrected chi connectivity index (χ3v) is 4.04. The fourth-order valence-electron chi connectivity index (χ4n) is 2.95. The number of rotatable bonds is 2. The quantitative estimate of drug-likeness (QED) is 0.837. The van der Waals surface area contributed by atoms with Gasteiger partial charge in [-0.15, -0.1) is 0 Å². The minimum Gasteiger partial charge on any atom is -0.478 e. The number of carboxylic acid groups (broad SMARTS) is 1. The zero-order valence-corrected chi connectivity index (χ0v) is 10.6. The Bertz CT molecular complexity index is 423. The molecule has 2 unspecified atom stereocenters. The summed E-state index contributed by atoms with van der Waals surface area (Å²) in [6, 6.07) is 5.53. The molecule has 2 atom stereocenters. The second-order valence-corrected chi connectivity index (χ2v) is 5.24. The molecule has 0 spiro atoms. The highest BCUT2D eigenvalue weighted by Gasteiger charge is 2.24. The van der Waals surface area contributed by atoms with Crippen molar-refractivity contribution < 1.29 is 9.90 Å². The van der Waals surface area contributed by atoms with Crippen LogP contribution >= 0.6 is 0 Å². The third kappa shape index (κ3) is 2.51. The lowest BCUT2D eigenvalue weighted by atomic mass is 9.75. The first-order valence-corrected chi connectivity index (χ1v) is 6.43. The van der Waals surface area contributed by atoms with Crippen molar-refractivity contribution in [2.75, 3.05) is 0 Å². The number of aromatic carboxylic acids is 1. The molecule has 2 nitrogen and oxygen atoms in total. The van der Waals surface area contributed by atoms with Crippen molar-refractivity contribution in [2.24, 2.45) is 5.92 Å². The van der Waals surface area contributed by atoms with Gasteiger partial charge in [0.25, 0.3) is 0 Å². The van der Waals surface area contributed by atoms with E-state index < -0.39 is 5.97 Å². The first-order chi connectivity index (χ1) is 8.09. The molecule has 1 fully saturated rings. The molecular formula is C15H20O2. The first kappa shape index (κ1) is 12.2. The predicted octanol–water partition coefficient (Wildman–Crippen LogP) is 3.99. The molecule has 0 aromatic heterocycles. The lowest BCUT2D eigenvalue weighted by Crippen LogP contribution is -2.16. The largest absolute Gasteiger partial charge is 0.478 e. The third-order valence-electron chi connectivity index (χ3n) is 4.04. The minimum atomic E-state index is -0.824. The molecule has 0 bridgehead atoms. The molecule has 1 aromatic rings. The van der Waals surface area contributed by atoms with E-state index in [1.807, 2.05) is 12.1 Å². The van der Waals surface area contributed by atoms with Crippen LogP contribution in [0.3, 0.4) is 0 Å². The topological polar surface area (TPSA) is 37.3 Å². The van der Waals surface area contributed by atoms with E-state index in [4.69, 9.17) is 5.11 Å². The van der Waals surface area contributed by atoms with Crippen LogP contribution in [-0.4, -0.2) is 11.1 Å². The van der Waals surface area contributed by atoms with Gasteiger partial charge < -0.3 is 5.11 Å². The van der Waals surface area contributed by atoms with Crippen molar-refractivity contribution in [3.8, 4) is 0 Å². The Balaban J connectivity index is 2.35. The molecule has 1 aliphatic rings. The fourth-order valence-corrected chi connectivity index (χ4v) is 2.95. The van der Waals surface area contributed by atoms with Crippen LogP contribution in [0.15, 0.2) is 18.2 Å². The number of carbonyl (C=O) groups is 1. The highest BCUT2D eigenvalue weighted by Crippen LogP contribution is 2.38. The van der Waals surface area contributed by atoms with Crippen LogP contribution in [0.25, 0.3) is 0 Å². The SMILES string of the molecule is Cc1ccc(C(=O)O)cc1C1CCCCC1C. The Labute approximate surface area is 103 Å². The molecule has 0 aliphatic heterocycles. The molecule has 1 aromatic carbocycles. The van der Waals surface area contributed by atoms with E-state index in [1.165, 1.54) is 36.8 Å². The molecule has 1 saturated carbocycles. The maximum absolute atomic E-state index is 11.0. The van der Waals surface area contributed by atoms with Gasteiger partial charge in [0.05, 0.1) is 5.56 Å². The molecule has 0 saturated heterocycles. The molecule has 92 valence electrons. The van der Waals surface area contributed by atoms with Crippen molar-refractivity contribution in [3.05, 3.63) is 34.9 Å². The summed E-state index contributed by atoms with van der Waals surface area (Å²) in [5.74, 6) is 0.393. The highest BCUT2D eigenvalue weighted by atomic mass is 16.4. The number of hydrogen-bond acceptors (Lipinski definition) is 1. The van der Waals surface area contributed by atoms with E-state index in [1.54, 1.807) is 6.07 Å². The molecular weight excluding hydrogens is 212 g/mol. The summed E-state index contributed by atoms with van der Waals surface area (Å²) in [6.07, 6.45) is 5.05. The van der Waals surface area contributed by atoms with Crippen LogP contribution < -0.4 is 0 Å². The first-order valence-electron chi connectivity index (χ1n) is 6.43. The van der Waals surface area contributed by atoms with Gasteiger partial charge in [-0.25, -0.2) is 4.79 Å². The Kier molecular flexibility index (Phi) is 3.51. The van der Waals surface area contributed by atoms with Gasteiger partial charge in [0.15, 0.2) is 0 Å². The minimum absolute atomic E-state index is 0.420.